The lowest BCUT2D eigenvalue weighted by Crippen LogP contribution is -2.33. The first kappa shape index (κ1) is 16.3. The maximum atomic E-state index is 12.2. The number of amides is 1. The van der Waals surface area contributed by atoms with Crippen molar-refractivity contribution in [2.45, 2.75) is 46.6 Å². The standard InChI is InChI=1S/C16H26N2O2/c1-5-11(3)7-12(4)18-16(19)13-8-14(17)10-15(9-13)20-6-2/h8-12H,5-7,17H2,1-4H3,(H,18,19). The summed E-state index contributed by atoms with van der Waals surface area (Å²) in [5.74, 6) is 1.13. The summed E-state index contributed by atoms with van der Waals surface area (Å²) in [6.45, 7) is 8.83. The van der Waals surface area contributed by atoms with Crippen molar-refractivity contribution in [2.75, 3.05) is 12.3 Å². The predicted octanol–water partition coefficient (Wildman–Crippen LogP) is 3.22. The van der Waals surface area contributed by atoms with Crippen molar-refractivity contribution in [1.82, 2.24) is 5.32 Å². The Kier molecular flexibility index (Phi) is 6.36. The molecule has 1 aromatic carbocycles. The van der Waals surface area contributed by atoms with Gasteiger partial charge in [-0.3, -0.25) is 4.79 Å². The van der Waals surface area contributed by atoms with Gasteiger partial charge in [-0.15, -0.1) is 0 Å². The third-order valence-electron chi connectivity index (χ3n) is 3.33. The zero-order chi connectivity index (χ0) is 15.1. The molecule has 1 rings (SSSR count). The van der Waals surface area contributed by atoms with E-state index in [0.717, 1.165) is 12.8 Å². The molecule has 2 atom stereocenters. The minimum absolute atomic E-state index is 0.103. The molecule has 2 unspecified atom stereocenters. The zero-order valence-corrected chi connectivity index (χ0v) is 12.9. The Hall–Kier alpha value is -1.71. The molecule has 4 heteroatoms. The first-order chi connectivity index (χ1) is 9.46. The van der Waals surface area contributed by atoms with Crippen LogP contribution in [0.15, 0.2) is 18.2 Å². The summed E-state index contributed by atoms with van der Waals surface area (Å²) >= 11 is 0. The van der Waals surface area contributed by atoms with Crippen LogP contribution in [-0.2, 0) is 0 Å². The molecule has 0 radical (unpaired) electrons. The molecule has 1 aromatic rings. The van der Waals surface area contributed by atoms with Gasteiger partial charge in [-0.1, -0.05) is 20.3 Å². The second kappa shape index (κ2) is 7.78. The van der Waals surface area contributed by atoms with Gasteiger partial charge in [0.1, 0.15) is 5.75 Å². The smallest absolute Gasteiger partial charge is 0.251 e. The number of benzene rings is 1. The summed E-state index contributed by atoms with van der Waals surface area (Å²) in [7, 11) is 0. The van der Waals surface area contributed by atoms with Crippen molar-refractivity contribution < 1.29 is 9.53 Å². The van der Waals surface area contributed by atoms with Gasteiger partial charge in [0.25, 0.3) is 5.91 Å². The van der Waals surface area contributed by atoms with Crippen LogP contribution in [0.25, 0.3) is 0 Å². The zero-order valence-electron chi connectivity index (χ0n) is 12.9. The molecule has 0 spiro atoms. The minimum Gasteiger partial charge on any atom is -0.494 e. The summed E-state index contributed by atoms with van der Waals surface area (Å²) < 4.78 is 5.40. The van der Waals surface area contributed by atoms with Crippen LogP contribution in [0.4, 0.5) is 5.69 Å². The molecule has 4 nitrogen and oxygen atoms in total. The summed E-state index contributed by atoms with van der Waals surface area (Å²) in [6, 6.07) is 5.27. The average Bonchev–Trinajstić information content (AvgIpc) is 2.38. The first-order valence-corrected chi connectivity index (χ1v) is 7.30. The lowest BCUT2D eigenvalue weighted by atomic mass is 10.00. The Labute approximate surface area is 121 Å². The van der Waals surface area contributed by atoms with Crippen LogP contribution < -0.4 is 15.8 Å². The molecule has 0 aliphatic heterocycles. The normalized spacial score (nSPS) is 13.6. The Morgan fingerprint density at radius 3 is 2.60 bits per heavy atom. The van der Waals surface area contributed by atoms with E-state index in [9.17, 15) is 4.79 Å². The fourth-order valence-electron chi connectivity index (χ4n) is 2.14. The van der Waals surface area contributed by atoms with Crippen molar-refractivity contribution in [2.24, 2.45) is 5.92 Å². The van der Waals surface area contributed by atoms with Gasteiger partial charge >= 0.3 is 0 Å². The highest BCUT2D eigenvalue weighted by Crippen LogP contribution is 2.19. The van der Waals surface area contributed by atoms with Crippen LogP contribution in [0.1, 0.15) is 50.9 Å². The number of nitrogens with two attached hydrogens (primary N) is 1. The molecule has 0 aliphatic rings. The molecule has 0 heterocycles. The van der Waals surface area contributed by atoms with E-state index in [4.69, 9.17) is 10.5 Å². The van der Waals surface area contributed by atoms with E-state index in [0.29, 0.717) is 29.5 Å². The highest BCUT2D eigenvalue weighted by molar-refractivity contribution is 5.95. The Balaban J connectivity index is 2.71. The van der Waals surface area contributed by atoms with Gasteiger partial charge in [0.05, 0.1) is 6.61 Å². The van der Waals surface area contributed by atoms with Crippen LogP contribution in [0.2, 0.25) is 0 Å². The number of ether oxygens (including phenoxy) is 1. The van der Waals surface area contributed by atoms with E-state index < -0.39 is 0 Å². The van der Waals surface area contributed by atoms with E-state index in [1.54, 1.807) is 18.2 Å². The Morgan fingerprint density at radius 2 is 2.00 bits per heavy atom. The average molecular weight is 278 g/mol. The molecular weight excluding hydrogens is 252 g/mol. The Morgan fingerprint density at radius 1 is 1.30 bits per heavy atom. The molecule has 0 aromatic heterocycles. The molecule has 0 fully saturated rings. The minimum atomic E-state index is -0.103. The van der Waals surface area contributed by atoms with Gasteiger partial charge in [0.15, 0.2) is 0 Å². The molecule has 3 N–H and O–H groups in total. The number of hydrogen-bond acceptors (Lipinski definition) is 3. The summed E-state index contributed by atoms with van der Waals surface area (Å²) in [5, 5.41) is 3.01. The van der Waals surface area contributed by atoms with E-state index in [-0.39, 0.29) is 11.9 Å². The quantitative estimate of drug-likeness (QED) is 0.753. The van der Waals surface area contributed by atoms with Crippen LogP contribution in [0.3, 0.4) is 0 Å². The number of anilines is 1. The van der Waals surface area contributed by atoms with Gasteiger partial charge in [-0.05, 0) is 38.3 Å². The van der Waals surface area contributed by atoms with E-state index in [1.807, 2.05) is 13.8 Å². The summed E-state index contributed by atoms with van der Waals surface area (Å²) in [4.78, 5) is 12.2. The molecule has 0 aliphatic carbocycles. The van der Waals surface area contributed by atoms with Gasteiger partial charge < -0.3 is 15.8 Å². The largest absolute Gasteiger partial charge is 0.494 e. The van der Waals surface area contributed by atoms with Gasteiger partial charge in [-0.25, -0.2) is 0 Å². The molecule has 112 valence electrons. The molecule has 0 saturated heterocycles. The van der Waals surface area contributed by atoms with Crippen LogP contribution in [0.5, 0.6) is 5.75 Å². The second-order valence-electron chi connectivity index (χ2n) is 5.35. The molecule has 20 heavy (non-hydrogen) atoms. The highest BCUT2D eigenvalue weighted by Gasteiger charge is 2.13. The van der Waals surface area contributed by atoms with Gasteiger partial charge in [0.2, 0.25) is 0 Å². The van der Waals surface area contributed by atoms with Gasteiger partial charge in [-0.2, -0.15) is 0 Å². The number of carbonyl (C=O) groups is 1. The third kappa shape index (κ3) is 5.11. The SMILES string of the molecule is CCOc1cc(N)cc(C(=O)NC(C)CC(C)CC)c1. The molecular formula is C16H26N2O2. The predicted molar refractivity (Wildman–Crippen MR) is 83.0 cm³/mol. The topological polar surface area (TPSA) is 64.3 Å². The van der Waals surface area contributed by atoms with Crippen LogP contribution in [0, 0.1) is 5.92 Å². The van der Waals surface area contributed by atoms with E-state index >= 15 is 0 Å². The van der Waals surface area contributed by atoms with Crippen molar-refractivity contribution >= 4 is 11.6 Å². The molecule has 1 amide bonds. The van der Waals surface area contributed by atoms with Crippen LogP contribution >= 0.6 is 0 Å². The summed E-state index contributed by atoms with van der Waals surface area (Å²) in [6.07, 6.45) is 2.09. The molecule has 0 bridgehead atoms. The van der Waals surface area contributed by atoms with E-state index in [2.05, 4.69) is 19.2 Å². The van der Waals surface area contributed by atoms with Crippen molar-refractivity contribution in [3.8, 4) is 5.75 Å². The summed E-state index contributed by atoms with van der Waals surface area (Å²) in [5.41, 5.74) is 6.88. The Bertz CT molecular complexity index is 446. The van der Waals surface area contributed by atoms with Crippen molar-refractivity contribution in [3.63, 3.8) is 0 Å². The lowest BCUT2D eigenvalue weighted by molar-refractivity contribution is 0.0935. The number of hydrogen-bond donors (Lipinski definition) is 2. The third-order valence-corrected chi connectivity index (χ3v) is 3.33. The van der Waals surface area contributed by atoms with Crippen molar-refractivity contribution in [1.29, 1.82) is 0 Å². The maximum Gasteiger partial charge on any atom is 0.251 e. The fraction of sp³-hybridized carbons (Fsp3) is 0.562. The van der Waals surface area contributed by atoms with Crippen LogP contribution in [-0.4, -0.2) is 18.6 Å². The number of rotatable bonds is 7. The van der Waals surface area contributed by atoms with Crippen molar-refractivity contribution in [3.05, 3.63) is 23.8 Å². The monoisotopic (exact) mass is 278 g/mol. The number of carbonyl (C=O) groups excluding carboxylic acids is 1. The van der Waals surface area contributed by atoms with E-state index in [1.165, 1.54) is 0 Å². The highest BCUT2D eigenvalue weighted by atomic mass is 16.5. The lowest BCUT2D eigenvalue weighted by Gasteiger charge is -2.18. The fourth-order valence-corrected chi connectivity index (χ4v) is 2.14. The molecule has 0 saturated carbocycles. The number of nitrogens with one attached hydrogen (secondary N) is 1. The second-order valence-corrected chi connectivity index (χ2v) is 5.35. The first-order valence-electron chi connectivity index (χ1n) is 7.30. The maximum absolute atomic E-state index is 12.2. The van der Waals surface area contributed by atoms with Gasteiger partial charge in [0, 0.05) is 23.4 Å². The number of nitrogen functional groups attached to an aromatic ring is 1.